The van der Waals surface area contributed by atoms with Gasteiger partial charge >= 0.3 is 0 Å². The summed E-state index contributed by atoms with van der Waals surface area (Å²) in [5.74, 6) is 4.22. The van der Waals surface area contributed by atoms with E-state index in [0.29, 0.717) is 12.3 Å². The first-order valence-corrected chi connectivity index (χ1v) is 6.33. The van der Waals surface area contributed by atoms with Gasteiger partial charge in [0.1, 0.15) is 0 Å². The Labute approximate surface area is 96.6 Å². The molecule has 0 radical (unpaired) electrons. The van der Waals surface area contributed by atoms with E-state index >= 15 is 0 Å². The SMILES string of the molecule is C#CCSCCNC(=O)[C@@H](N)C(C)CC. The first-order valence-electron chi connectivity index (χ1n) is 5.18. The number of carbonyl (C=O) groups excluding carboxylic acids is 1. The van der Waals surface area contributed by atoms with Gasteiger partial charge in [-0.1, -0.05) is 26.2 Å². The van der Waals surface area contributed by atoms with E-state index in [1.807, 2.05) is 13.8 Å². The van der Waals surface area contributed by atoms with Crippen molar-refractivity contribution in [3.8, 4) is 12.3 Å². The van der Waals surface area contributed by atoms with Crippen LogP contribution in [0.4, 0.5) is 0 Å². The molecule has 0 spiro atoms. The minimum atomic E-state index is -0.396. The number of thioether (sulfide) groups is 1. The molecule has 4 heteroatoms. The molecule has 0 aromatic heterocycles. The van der Waals surface area contributed by atoms with Gasteiger partial charge in [0.05, 0.1) is 11.8 Å². The van der Waals surface area contributed by atoms with Crippen molar-refractivity contribution >= 4 is 17.7 Å². The van der Waals surface area contributed by atoms with E-state index in [9.17, 15) is 4.79 Å². The van der Waals surface area contributed by atoms with Crippen LogP contribution in [-0.4, -0.2) is 30.0 Å². The van der Waals surface area contributed by atoms with Crippen molar-refractivity contribution in [3.63, 3.8) is 0 Å². The van der Waals surface area contributed by atoms with E-state index in [1.54, 1.807) is 11.8 Å². The molecule has 2 atom stereocenters. The molecular weight excluding hydrogens is 208 g/mol. The van der Waals surface area contributed by atoms with E-state index in [-0.39, 0.29) is 11.8 Å². The van der Waals surface area contributed by atoms with Gasteiger partial charge in [0.15, 0.2) is 0 Å². The van der Waals surface area contributed by atoms with Crippen LogP contribution in [0.15, 0.2) is 0 Å². The molecule has 0 bridgehead atoms. The lowest BCUT2D eigenvalue weighted by atomic mass is 9.99. The van der Waals surface area contributed by atoms with Gasteiger partial charge in [-0.25, -0.2) is 0 Å². The summed E-state index contributed by atoms with van der Waals surface area (Å²) in [5, 5.41) is 2.80. The third kappa shape index (κ3) is 6.43. The van der Waals surface area contributed by atoms with E-state index in [0.717, 1.165) is 12.2 Å². The number of amides is 1. The first-order chi connectivity index (χ1) is 7.13. The number of nitrogens with one attached hydrogen (secondary N) is 1. The van der Waals surface area contributed by atoms with Crippen LogP contribution in [0.3, 0.4) is 0 Å². The lowest BCUT2D eigenvalue weighted by Crippen LogP contribution is -2.45. The zero-order valence-electron chi connectivity index (χ0n) is 9.45. The molecule has 1 amide bonds. The maximum Gasteiger partial charge on any atom is 0.237 e. The summed E-state index contributed by atoms with van der Waals surface area (Å²) < 4.78 is 0. The van der Waals surface area contributed by atoms with Crippen LogP contribution in [0.2, 0.25) is 0 Å². The molecule has 0 aliphatic heterocycles. The maximum atomic E-state index is 11.5. The Kier molecular flexibility index (Phi) is 8.25. The highest BCUT2D eigenvalue weighted by atomic mass is 32.2. The predicted molar refractivity (Wildman–Crippen MR) is 66.6 cm³/mol. The molecular formula is C11H20N2OS. The number of rotatable bonds is 7. The second-order valence-corrected chi connectivity index (χ2v) is 4.56. The molecule has 86 valence electrons. The van der Waals surface area contributed by atoms with Crippen molar-refractivity contribution in [2.24, 2.45) is 11.7 Å². The van der Waals surface area contributed by atoms with Gasteiger partial charge in [-0.15, -0.1) is 18.2 Å². The lowest BCUT2D eigenvalue weighted by Gasteiger charge is -2.17. The van der Waals surface area contributed by atoms with Crippen LogP contribution in [-0.2, 0) is 4.79 Å². The minimum Gasteiger partial charge on any atom is -0.354 e. The molecule has 15 heavy (non-hydrogen) atoms. The molecule has 0 aromatic carbocycles. The van der Waals surface area contributed by atoms with Crippen molar-refractivity contribution in [3.05, 3.63) is 0 Å². The third-order valence-corrected chi connectivity index (χ3v) is 3.15. The van der Waals surface area contributed by atoms with Crippen molar-refractivity contribution in [2.45, 2.75) is 26.3 Å². The third-order valence-electron chi connectivity index (χ3n) is 2.29. The van der Waals surface area contributed by atoms with E-state index < -0.39 is 6.04 Å². The zero-order valence-corrected chi connectivity index (χ0v) is 10.3. The zero-order chi connectivity index (χ0) is 11.7. The van der Waals surface area contributed by atoms with Crippen LogP contribution in [0.5, 0.6) is 0 Å². The minimum absolute atomic E-state index is 0.0642. The number of nitrogens with two attached hydrogens (primary N) is 1. The highest BCUT2D eigenvalue weighted by molar-refractivity contribution is 7.99. The highest BCUT2D eigenvalue weighted by Crippen LogP contribution is 2.05. The fourth-order valence-electron chi connectivity index (χ4n) is 1.01. The van der Waals surface area contributed by atoms with Crippen molar-refractivity contribution in [1.29, 1.82) is 0 Å². The highest BCUT2D eigenvalue weighted by Gasteiger charge is 2.18. The van der Waals surface area contributed by atoms with Gasteiger partial charge in [-0.3, -0.25) is 4.79 Å². The molecule has 0 fully saturated rings. The molecule has 0 aliphatic carbocycles. The van der Waals surface area contributed by atoms with Gasteiger partial charge < -0.3 is 11.1 Å². The Morgan fingerprint density at radius 3 is 2.87 bits per heavy atom. The molecule has 3 N–H and O–H groups in total. The second kappa shape index (κ2) is 8.63. The fraction of sp³-hybridized carbons (Fsp3) is 0.727. The molecule has 0 aliphatic rings. The Morgan fingerprint density at radius 2 is 2.33 bits per heavy atom. The molecule has 0 saturated carbocycles. The Morgan fingerprint density at radius 1 is 1.67 bits per heavy atom. The van der Waals surface area contributed by atoms with Crippen LogP contribution in [0, 0.1) is 18.3 Å². The molecule has 0 saturated heterocycles. The summed E-state index contributed by atoms with van der Waals surface area (Å²) in [6.45, 7) is 4.65. The summed E-state index contributed by atoms with van der Waals surface area (Å²) in [6.07, 6.45) is 6.02. The number of hydrogen-bond acceptors (Lipinski definition) is 3. The summed E-state index contributed by atoms with van der Waals surface area (Å²) in [7, 11) is 0. The largest absolute Gasteiger partial charge is 0.354 e. The quantitative estimate of drug-likeness (QED) is 0.501. The lowest BCUT2D eigenvalue weighted by molar-refractivity contribution is -0.123. The van der Waals surface area contributed by atoms with Crippen LogP contribution in [0.1, 0.15) is 20.3 Å². The van der Waals surface area contributed by atoms with E-state index in [1.165, 1.54) is 0 Å². The van der Waals surface area contributed by atoms with Gasteiger partial charge in [-0.05, 0) is 5.92 Å². The van der Waals surface area contributed by atoms with E-state index in [4.69, 9.17) is 12.2 Å². The van der Waals surface area contributed by atoms with Gasteiger partial charge in [0.2, 0.25) is 5.91 Å². The maximum absolute atomic E-state index is 11.5. The van der Waals surface area contributed by atoms with Crippen molar-refractivity contribution in [2.75, 3.05) is 18.1 Å². The second-order valence-electron chi connectivity index (χ2n) is 3.46. The fourth-order valence-corrected chi connectivity index (χ4v) is 1.52. The predicted octanol–water partition coefficient (Wildman–Crippen LogP) is 0.842. The van der Waals surface area contributed by atoms with Crippen LogP contribution in [0.25, 0.3) is 0 Å². The van der Waals surface area contributed by atoms with Crippen LogP contribution < -0.4 is 11.1 Å². The monoisotopic (exact) mass is 228 g/mol. The smallest absolute Gasteiger partial charge is 0.237 e. The molecule has 0 aromatic rings. The topological polar surface area (TPSA) is 55.1 Å². The van der Waals surface area contributed by atoms with E-state index in [2.05, 4.69) is 11.2 Å². The summed E-state index contributed by atoms with van der Waals surface area (Å²) in [6, 6.07) is -0.396. The van der Waals surface area contributed by atoms with Gasteiger partial charge in [0, 0.05) is 12.3 Å². The number of hydrogen-bond donors (Lipinski definition) is 2. The first kappa shape index (κ1) is 14.3. The number of carbonyl (C=O) groups is 1. The molecule has 0 heterocycles. The summed E-state index contributed by atoms with van der Waals surface area (Å²) in [4.78, 5) is 11.5. The standard InChI is InChI=1S/C11H20N2OS/c1-4-7-15-8-6-13-11(14)10(12)9(3)5-2/h1,9-10H,5-8,12H2,2-3H3,(H,13,14)/t9?,10-/m0/s1. The van der Waals surface area contributed by atoms with Gasteiger partial charge in [0.25, 0.3) is 0 Å². The number of terminal acetylenes is 1. The summed E-state index contributed by atoms with van der Waals surface area (Å²) in [5.41, 5.74) is 5.76. The average molecular weight is 228 g/mol. The van der Waals surface area contributed by atoms with Gasteiger partial charge in [-0.2, -0.15) is 0 Å². The average Bonchev–Trinajstić information content (AvgIpc) is 2.26. The van der Waals surface area contributed by atoms with Crippen LogP contribution >= 0.6 is 11.8 Å². The normalized spacial score (nSPS) is 14.0. The molecule has 0 rings (SSSR count). The molecule has 1 unspecified atom stereocenters. The van der Waals surface area contributed by atoms with Crippen molar-refractivity contribution < 1.29 is 4.79 Å². The Hall–Kier alpha value is -0.660. The molecule has 3 nitrogen and oxygen atoms in total. The van der Waals surface area contributed by atoms with Crippen molar-refractivity contribution in [1.82, 2.24) is 5.32 Å². The Balaban J connectivity index is 3.61. The summed E-state index contributed by atoms with van der Waals surface area (Å²) >= 11 is 1.63. The Bertz CT molecular complexity index is 225.